The number of likely N-dealkylation sites (tertiary alicyclic amines) is 1. The molecule has 2 heterocycles. The van der Waals surface area contributed by atoms with Crippen molar-refractivity contribution >= 4 is 0 Å². The maximum Gasteiger partial charge on any atom is 0.433 e. The van der Waals surface area contributed by atoms with Gasteiger partial charge in [-0.15, -0.1) is 0 Å². The van der Waals surface area contributed by atoms with Crippen molar-refractivity contribution < 1.29 is 31.4 Å². The topological polar surface area (TPSA) is 41.3 Å². The van der Waals surface area contributed by atoms with Gasteiger partial charge in [0.25, 0.3) is 0 Å². The highest BCUT2D eigenvalue weighted by Gasteiger charge is 2.54. The molecule has 0 spiro atoms. The van der Waals surface area contributed by atoms with Crippen molar-refractivity contribution in [1.82, 2.24) is 14.7 Å². The van der Waals surface area contributed by atoms with Gasteiger partial charge in [-0.1, -0.05) is 0 Å². The van der Waals surface area contributed by atoms with E-state index in [9.17, 15) is 31.4 Å². The summed E-state index contributed by atoms with van der Waals surface area (Å²) in [7, 11) is 1.16. The fourth-order valence-electron chi connectivity index (χ4n) is 2.57. The number of hydrogen-bond acceptors (Lipinski definition) is 3. The van der Waals surface area contributed by atoms with Crippen molar-refractivity contribution in [3.8, 4) is 0 Å². The van der Waals surface area contributed by atoms with Crippen LogP contribution >= 0.6 is 0 Å². The van der Waals surface area contributed by atoms with Crippen molar-refractivity contribution in [2.24, 2.45) is 7.05 Å². The molecule has 1 aliphatic heterocycles. The highest BCUT2D eigenvalue weighted by Crippen LogP contribution is 2.39. The van der Waals surface area contributed by atoms with Gasteiger partial charge >= 0.3 is 12.4 Å². The first-order valence-corrected chi connectivity index (χ1v) is 6.53. The Balaban J connectivity index is 2.07. The second kappa shape index (κ2) is 5.41. The van der Waals surface area contributed by atoms with Gasteiger partial charge in [0.1, 0.15) is 5.69 Å². The SMILES string of the molecule is Cn1ncc(CN2CCC(O)(C(F)(F)F)CC2)c1C(F)(F)F. The predicted octanol–water partition coefficient (Wildman–Crippen LogP) is 2.33. The van der Waals surface area contributed by atoms with Crippen molar-refractivity contribution in [3.63, 3.8) is 0 Å². The van der Waals surface area contributed by atoms with Gasteiger partial charge in [0.15, 0.2) is 5.60 Å². The highest BCUT2D eigenvalue weighted by molar-refractivity contribution is 5.20. The average molecular weight is 331 g/mol. The van der Waals surface area contributed by atoms with E-state index < -0.39 is 36.5 Å². The number of piperidine rings is 1. The third kappa shape index (κ3) is 3.22. The quantitative estimate of drug-likeness (QED) is 0.846. The Morgan fingerprint density at radius 3 is 2.18 bits per heavy atom. The number of hydrogen-bond donors (Lipinski definition) is 1. The number of aryl methyl sites for hydroxylation is 1. The molecule has 0 amide bonds. The first kappa shape index (κ1) is 17.1. The Kier molecular flexibility index (Phi) is 4.20. The Morgan fingerprint density at radius 2 is 1.73 bits per heavy atom. The Hall–Kier alpha value is -1.29. The summed E-state index contributed by atoms with van der Waals surface area (Å²) in [6.45, 7) is -0.430. The minimum absolute atomic E-state index is 0.0903. The molecule has 10 heteroatoms. The van der Waals surface area contributed by atoms with Crippen LogP contribution in [0, 0.1) is 0 Å². The number of halogens is 6. The lowest BCUT2D eigenvalue weighted by molar-refractivity contribution is -0.272. The van der Waals surface area contributed by atoms with Crippen LogP contribution in [0.1, 0.15) is 24.1 Å². The summed E-state index contributed by atoms with van der Waals surface area (Å²) in [5, 5.41) is 13.1. The standard InChI is InChI=1S/C12H15F6N3O/c1-20-9(11(13,14)15)8(6-19-20)7-21-4-2-10(22,3-5-21)12(16,17)18/h6,22H,2-5,7H2,1H3. The van der Waals surface area contributed by atoms with E-state index in [1.807, 2.05) is 0 Å². The average Bonchev–Trinajstić information content (AvgIpc) is 2.72. The van der Waals surface area contributed by atoms with Crippen LogP contribution in [0.5, 0.6) is 0 Å². The van der Waals surface area contributed by atoms with Crippen LogP contribution in [0.25, 0.3) is 0 Å². The molecule has 0 aliphatic carbocycles. The van der Waals surface area contributed by atoms with E-state index in [2.05, 4.69) is 5.10 Å². The molecule has 22 heavy (non-hydrogen) atoms. The summed E-state index contributed by atoms with van der Waals surface area (Å²) >= 11 is 0. The van der Waals surface area contributed by atoms with Crippen LogP contribution in [-0.4, -0.2) is 44.7 Å². The van der Waals surface area contributed by atoms with Crippen LogP contribution in [-0.2, 0) is 19.8 Å². The molecule has 4 nitrogen and oxygen atoms in total. The van der Waals surface area contributed by atoms with Gasteiger partial charge < -0.3 is 5.11 Å². The molecule has 2 rings (SSSR count). The number of rotatable bonds is 2. The molecule has 0 radical (unpaired) electrons. The monoisotopic (exact) mass is 331 g/mol. The molecule has 0 atom stereocenters. The Morgan fingerprint density at radius 1 is 1.18 bits per heavy atom. The summed E-state index contributed by atoms with van der Waals surface area (Å²) < 4.78 is 77.4. The normalized spacial score (nSPS) is 20.4. The molecule has 0 aromatic carbocycles. The molecule has 1 aromatic rings. The van der Waals surface area contributed by atoms with Crippen molar-refractivity contribution in [2.45, 2.75) is 37.3 Å². The van der Waals surface area contributed by atoms with Crippen LogP contribution < -0.4 is 0 Å². The van der Waals surface area contributed by atoms with Crippen LogP contribution in [0.15, 0.2) is 6.20 Å². The van der Waals surface area contributed by atoms with E-state index in [0.717, 1.165) is 13.2 Å². The van der Waals surface area contributed by atoms with Crippen LogP contribution in [0.2, 0.25) is 0 Å². The zero-order chi connectivity index (χ0) is 16.8. The van der Waals surface area contributed by atoms with E-state index in [1.165, 1.54) is 4.90 Å². The molecule has 0 bridgehead atoms. The van der Waals surface area contributed by atoms with Gasteiger partial charge in [-0.2, -0.15) is 31.4 Å². The van der Waals surface area contributed by atoms with E-state index in [0.29, 0.717) is 4.68 Å². The maximum absolute atomic E-state index is 12.9. The smallest absolute Gasteiger partial charge is 0.380 e. The molecule has 1 aromatic heterocycles. The summed E-state index contributed by atoms with van der Waals surface area (Å²) in [5.41, 5.74) is -3.76. The van der Waals surface area contributed by atoms with Gasteiger partial charge in [0.2, 0.25) is 0 Å². The minimum atomic E-state index is -4.73. The minimum Gasteiger partial charge on any atom is -0.380 e. The number of aromatic nitrogens is 2. The molecule has 1 N–H and O–H groups in total. The molecule has 126 valence electrons. The second-order valence-corrected chi connectivity index (χ2v) is 5.45. The van der Waals surface area contributed by atoms with Crippen molar-refractivity contribution in [2.75, 3.05) is 13.1 Å². The summed E-state index contributed by atoms with van der Waals surface area (Å²) in [4.78, 5) is 1.45. The van der Waals surface area contributed by atoms with Crippen LogP contribution in [0.3, 0.4) is 0 Å². The zero-order valence-corrected chi connectivity index (χ0v) is 11.7. The maximum atomic E-state index is 12.9. The fraction of sp³-hybridized carbons (Fsp3) is 0.750. The van der Waals surface area contributed by atoms with E-state index in [4.69, 9.17) is 0 Å². The summed E-state index contributed by atoms with van der Waals surface area (Å²) in [6.07, 6.45) is -9.36. The van der Waals surface area contributed by atoms with E-state index in [1.54, 1.807) is 0 Å². The second-order valence-electron chi connectivity index (χ2n) is 5.45. The molecule has 0 unspecified atom stereocenters. The highest BCUT2D eigenvalue weighted by atomic mass is 19.4. The van der Waals surface area contributed by atoms with Gasteiger partial charge in [-0.05, 0) is 12.8 Å². The van der Waals surface area contributed by atoms with Gasteiger partial charge in [0, 0.05) is 32.2 Å². The predicted molar refractivity (Wildman–Crippen MR) is 63.7 cm³/mol. The number of nitrogens with zero attached hydrogens (tertiary/aromatic N) is 3. The lowest BCUT2D eigenvalue weighted by Gasteiger charge is -2.39. The van der Waals surface area contributed by atoms with Gasteiger partial charge in [-0.3, -0.25) is 9.58 Å². The third-order valence-corrected chi connectivity index (χ3v) is 3.89. The molecular formula is C12H15F6N3O. The first-order chi connectivity index (χ1) is 9.94. The number of alkyl halides is 6. The fourth-order valence-corrected chi connectivity index (χ4v) is 2.57. The largest absolute Gasteiger partial charge is 0.433 e. The Bertz CT molecular complexity index is 528. The lowest BCUT2D eigenvalue weighted by atomic mass is 9.90. The molecule has 0 saturated carbocycles. The lowest BCUT2D eigenvalue weighted by Crippen LogP contribution is -2.53. The third-order valence-electron chi connectivity index (χ3n) is 3.89. The van der Waals surface area contributed by atoms with Crippen molar-refractivity contribution in [3.05, 3.63) is 17.5 Å². The zero-order valence-electron chi connectivity index (χ0n) is 11.7. The van der Waals surface area contributed by atoms with E-state index >= 15 is 0 Å². The summed E-state index contributed by atoms with van der Waals surface area (Å²) in [6, 6.07) is 0. The summed E-state index contributed by atoms with van der Waals surface area (Å²) in [5.74, 6) is 0. The first-order valence-electron chi connectivity index (χ1n) is 6.53. The van der Waals surface area contributed by atoms with Gasteiger partial charge in [0.05, 0.1) is 6.20 Å². The molecule has 1 saturated heterocycles. The van der Waals surface area contributed by atoms with Crippen molar-refractivity contribution in [1.29, 1.82) is 0 Å². The van der Waals surface area contributed by atoms with E-state index in [-0.39, 0.29) is 25.2 Å². The van der Waals surface area contributed by atoms with Gasteiger partial charge in [-0.25, -0.2) is 0 Å². The molecular weight excluding hydrogens is 316 g/mol. The number of aliphatic hydroxyl groups is 1. The Labute approximate surface area is 122 Å². The molecule has 1 aliphatic rings. The van der Waals surface area contributed by atoms with Crippen LogP contribution in [0.4, 0.5) is 26.3 Å². The molecule has 1 fully saturated rings.